The van der Waals surface area contributed by atoms with Crippen LogP contribution in [-0.4, -0.2) is 40.5 Å². The largest absolute Gasteiger partial charge is 0.394 e. The zero-order valence-corrected chi connectivity index (χ0v) is 13.4. The van der Waals surface area contributed by atoms with Gasteiger partial charge in [0, 0.05) is 12.1 Å². The fourth-order valence-electron chi connectivity index (χ4n) is 4.01. The molecule has 2 aliphatic rings. The number of carbonyl (C=O) groups is 2. The Labute approximate surface area is 136 Å². The van der Waals surface area contributed by atoms with Gasteiger partial charge in [0.25, 0.3) is 5.91 Å². The topological polar surface area (TPSA) is 83.6 Å². The highest BCUT2D eigenvalue weighted by Crippen LogP contribution is 2.34. The molecule has 1 fully saturated rings. The Morgan fingerprint density at radius 2 is 1.91 bits per heavy atom. The van der Waals surface area contributed by atoms with Gasteiger partial charge in [-0.3, -0.25) is 9.59 Å². The van der Waals surface area contributed by atoms with Crippen LogP contribution in [0.15, 0.2) is 18.2 Å². The van der Waals surface area contributed by atoms with Gasteiger partial charge in [-0.1, -0.05) is 6.07 Å². The molecule has 0 saturated carbocycles. The SMILES string of the molecule is NC(=O)C[C@@]1(CO)CCCN1C(=O)c1ccc2c(c1)CCCC2. The van der Waals surface area contributed by atoms with E-state index < -0.39 is 11.4 Å². The average Bonchev–Trinajstić information content (AvgIpc) is 2.97. The molecule has 3 N–H and O–H groups in total. The molecule has 1 aromatic carbocycles. The molecule has 124 valence electrons. The summed E-state index contributed by atoms with van der Waals surface area (Å²) in [5.41, 5.74) is 7.74. The van der Waals surface area contributed by atoms with Gasteiger partial charge in [0.05, 0.1) is 18.6 Å². The number of nitrogens with zero attached hydrogens (tertiary/aromatic N) is 1. The van der Waals surface area contributed by atoms with Gasteiger partial charge in [0.2, 0.25) is 5.91 Å². The van der Waals surface area contributed by atoms with Crippen molar-refractivity contribution >= 4 is 11.8 Å². The van der Waals surface area contributed by atoms with E-state index in [1.54, 1.807) is 4.90 Å². The lowest BCUT2D eigenvalue weighted by Crippen LogP contribution is -2.52. The molecule has 1 aliphatic heterocycles. The number of fused-ring (bicyclic) bond motifs is 1. The maximum atomic E-state index is 13.0. The summed E-state index contributed by atoms with van der Waals surface area (Å²) in [4.78, 5) is 26.0. The monoisotopic (exact) mass is 316 g/mol. The molecule has 5 heteroatoms. The summed E-state index contributed by atoms with van der Waals surface area (Å²) in [6, 6.07) is 5.91. The van der Waals surface area contributed by atoms with Crippen molar-refractivity contribution in [3.05, 3.63) is 34.9 Å². The van der Waals surface area contributed by atoms with E-state index in [2.05, 4.69) is 0 Å². The molecule has 1 heterocycles. The summed E-state index contributed by atoms with van der Waals surface area (Å²) in [5.74, 6) is -0.588. The minimum atomic E-state index is -0.835. The zero-order chi connectivity index (χ0) is 16.4. The first-order valence-electron chi connectivity index (χ1n) is 8.39. The molecule has 0 spiro atoms. The van der Waals surface area contributed by atoms with Crippen LogP contribution in [0.5, 0.6) is 0 Å². The first kappa shape index (κ1) is 16.0. The minimum absolute atomic E-state index is 0.0141. The number of benzene rings is 1. The summed E-state index contributed by atoms with van der Waals surface area (Å²) in [5, 5.41) is 9.82. The van der Waals surface area contributed by atoms with E-state index in [4.69, 9.17) is 5.73 Å². The normalized spacial score (nSPS) is 23.6. The van der Waals surface area contributed by atoms with Gasteiger partial charge in [-0.05, 0) is 61.8 Å². The number of rotatable bonds is 4. The van der Waals surface area contributed by atoms with Gasteiger partial charge in [0.1, 0.15) is 0 Å². The highest BCUT2D eigenvalue weighted by atomic mass is 16.3. The van der Waals surface area contributed by atoms with Crippen LogP contribution in [0, 0.1) is 0 Å². The molecule has 5 nitrogen and oxygen atoms in total. The number of nitrogens with two attached hydrogens (primary N) is 1. The maximum Gasteiger partial charge on any atom is 0.254 e. The van der Waals surface area contributed by atoms with E-state index >= 15 is 0 Å². The second-order valence-corrected chi connectivity index (χ2v) is 6.78. The van der Waals surface area contributed by atoms with Crippen LogP contribution < -0.4 is 5.73 Å². The Balaban J connectivity index is 1.88. The smallest absolute Gasteiger partial charge is 0.254 e. The number of primary amides is 1. The molecule has 0 radical (unpaired) electrons. The number of aryl methyl sites for hydroxylation is 2. The number of aliphatic hydroxyl groups excluding tert-OH is 1. The standard InChI is InChI=1S/C18H24N2O3/c19-16(22)11-18(12-21)8-3-9-20(18)17(23)15-7-6-13-4-1-2-5-14(13)10-15/h6-7,10,21H,1-5,8-9,11-12H2,(H2,19,22)/t18-/m1/s1. The Morgan fingerprint density at radius 3 is 2.61 bits per heavy atom. The van der Waals surface area contributed by atoms with Crippen LogP contribution in [0.2, 0.25) is 0 Å². The Morgan fingerprint density at radius 1 is 1.17 bits per heavy atom. The average molecular weight is 316 g/mol. The third-order valence-electron chi connectivity index (χ3n) is 5.23. The first-order chi connectivity index (χ1) is 11.1. The molecular weight excluding hydrogens is 292 g/mol. The summed E-state index contributed by atoms with van der Waals surface area (Å²) in [7, 11) is 0. The van der Waals surface area contributed by atoms with Gasteiger partial charge in [0.15, 0.2) is 0 Å². The van der Waals surface area contributed by atoms with Gasteiger partial charge >= 0.3 is 0 Å². The molecule has 0 unspecified atom stereocenters. The van der Waals surface area contributed by atoms with E-state index in [9.17, 15) is 14.7 Å². The van der Waals surface area contributed by atoms with Crippen molar-refractivity contribution in [3.8, 4) is 0 Å². The number of hydrogen-bond acceptors (Lipinski definition) is 3. The lowest BCUT2D eigenvalue weighted by atomic mass is 9.89. The molecular formula is C18H24N2O3. The van der Waals surface area contributed by atoms with Crippen molar-refractivity contribution in [2.75, 3.05) is 13.2 Å². The lowest BCUT2D eigenvalue weighted by Gasteiger charge is -2.36. The van der Waals surface area contributed by atoms with Gasteiger partial charge in [-0.15, -0.1) is 0 Å². The zero-order valence-electron chi connectivity index (χ0n) is 13.4. The van der Waals surface area contributed by atoms with Gasteiger partial charge in [-0.2, -0.15) is 0 Å². The highest BCUT2D eigenvalue weighted by molar-refractivity contribution is 5.95. The first-order valence-corrected chi connectivity index (χ1v) is 8.39. The molecule has 1 saturated heterocycles. The van der Waals surface area contributed by atoms with E-state index in [1.807, 2.05) is 18.2 Å². The summed E-state index contributed by atoms with van der Waals surface area (Å²) in [6.07, 6.45) is 5.88. The lowest BCUT2D eigenvalue weighted by molar-refractivity contribution is -0.120. The van der Waals surface area contributed by atoms with Crippen molar-refractivity contribution in [1.82, 2.24) is 4.90 Å². The molecule has 2 amide bonds. The highest BCUT2D eigenvalue weighted by Gasteiger charge is 2.44. The van der Waals surface area contributed by atoms with E-state index in [0.29, 0.717) is 18.5 Å². The molecule has 0 aromatic heterocycles. The van der Waals surface area contributed by atoms with Crippen molar-refractivity contribution in [2.24, 2.45) is 5.73 Å². The number of likely N-dealkylation sites (tertiary alicyclic amines) is 1. The molecule has 1 aliphatic carbocycles. The quantitative estimate of drug-likeness (QED) is 0.881. The van der Waals surface area contributed by atoms with Crippen molar-refractivity contribution in [2.45, 2.75) is 50.5 Å². The van der Waals surface area contributed by atoms with Crippen LogP contribution >= 0.6 is 0 Å². The van der Waals surface area contributed by atoms with Crippen molar-refractivity contribution < 1.29 is 14.7 Å². The third kappa shape index (κ3) is 2.98. The molecule has 1 atom stereocenters. The maximum absolute atomic E-state index is 13.0. The van der Waals surface area contributed by atoms with Gasteiger partial charge in [-0.25, -0.2) is 0 Å². The van der Waals surface area contributed by atoms with E-state index in [-0.39, 0.29) is 18.9 Å². The van der Waals surface area contributed by atoms with Crippen molar-refractivity contribution in [3.63, 3.8) is 0 Å². The van der Waals surface area contributed by atoms with Crippen LogP contribution in [-0.2, 0) is 17.6 Å². The van der Waals surface area contributed by atoms with Crippen LogP contribution in [0.4, 0.5) is 0 Å². The second-order valence-electron chi connectivity index (χ2n) is 6.78. The molecule has 1 aromatic rings. The fourth-order valence-corrected chi connectivity index (χ4v) is 4.01. The van der Waals surface area contributed by atoms with E-state index in [1.165, 1.54) is 17.5 Å². The number of amides is 2. The Hall–Kier alpha value is -1.88. The number of aliphatic hydroxyl groups is 1. The number of carbonyl (C=O) groups excluding carboxylic acids is 2. The molecule has 0 bridgehead atoms. The van der Waals surface area contributed by atoms with Crippen LogP contribution in [0.25, 0.3) is 0 Å². The van der Waals surface area contributed by atoms with Crippen LogP contribution in [0.3, 0.4) is 0 Å². The Kier molecular flexibility index (Phi) is 4.39. The minimum Gasteiger partial charge on any atom is -0.394 e. The fraction of sp³-hybridized carbons (Fsp3) is 0.556. The summed E-state index contributed by atoms with van der Waals surface area (Å²) < 4.78 is 0. The second kappa shape index (κ2) is 6.32. The molecule has 3 rings (SSSR count). The predicted octanol–water partition coefficient (Wildman–Crippen LogP) is 1.41. The summed E-state index contributed by atoms with van der Waals surface area (Å²) in [6.45, 7) is 0.330. The van der Waals surface area contributed by atoms with Crippen molar-refractivity contribution in [1.29, 1.82) is 0 Å². The predicted molar refractivity (Wildman–Crippen MR) is 87.0 cm³/mol. The molecule has 23 heavy (non-hydrogen) atoms. The summed E-state index contributed by atoms with van der Waals surface area (Å²) >= 11 is 0. The third-order valence-corrected chi connectivity index (χ3v) is 5.23. The number of hydrogen-bond donors (Lipinski definition) is 2. The van der Waals surface area contributed by atoms with Gasteiger partial charge < -0.3 is 15.7 Å². The van der Waals surface area contributed by atoms with E-state index in [0.717, 1.165) is 25.7 Å². The Bertz CT molecular complexity index is 629. The van der Waals surface area contributed by atoms with Crippen LogP contribution in [0.1, 0.15) is 53.6 Å².